The van der Waals surface area contributed by atoms with Gasteiger partial charge in [-0.3, -0.25) is 9.48 Å². The Balaban J connectivity index is 1.78. The molecular weight excluding hydrogens is 338 g/mol. The van der Waals surface area contributed by atoms with Gasteiger partial charge in [-0.05, 0) is 55.9 Å². The van der Waals surface area contributed by atoms with Crippen LogP contribution in [0.25, 0.3) is 0 Å². The number of unbranched alkanes of at least 4 members (excludes halogenated alkanes) is 2. The third-order valence-electron chi connectivity index (χ3n) is 4.31. The molecule has 0 fully saturated rings. The third kappa shape index (κ3) is 6.93. The molecule has 0 bridgehead atoms. The molecular formula is C22H31N3O2. The lowest BCUT2D eigenvalue weighted by molar-refractivity contribution is 0.0941. The number of rotatable bonds is 11. The fraction of sp³-hybridized carbons (Fsp3) is 0.455. The molecule has 0 saturated heterocycles. The van der Waals surface area contributed by atoms with Crippen molar-refractivity contribution in [3.05, 3.63) is 59.4 Å². The molecule has 27 heavy (non-hydrogen) atoms. The van der Waals surface area contributed by atoms with Gasteiger partial charge in [-0.25, -0.2) is 0 Å². The molecule has 1 heterocycles. The second-order valence-corrected chi connectivity index (χ2v) is 6.55. The molecule has 0 aliphatic rings. The molecule has 0 radical (unpaired) electrons. The first-order valence-electron chi connectivity index (χ1n) is 9.81. The van der Waals surface area contributed by atoms with Crippen molar-refractivity contribution in [2.24, 2.45) is 7.05 Å². The smallest absolute Gasteiger partial charge is 0.269 e. The second-order valence-electron chi connectivity index (χ2n) is 6.55. The zero-order valence-electron chi connectivity index (χ0n) is 16.7. The van der Waals surface area contributed by atoms with Crippen molar-refractivity contribution in [1.29, 1.82) is 0 Å². The maximum absolute atomic E-state index is 12.4. The van der Waals surface area contributed by atoms with Crippen LogP contribution in [-0.2, 0) is 20.0 Å². The highest BCUT2D eigenvalue weighted by atomic mass is 16.5. The van der Waals surface area contributed by atoms with Gasteiger partial charge in [-0.2, -0.15) is 5.10 Å². The summed E-state index contributed by atoms with van der Waals surface area (Å²) < 4.78 is 7.46. The largest absolute Gasteiger partial charge is 0.494 e. The number of hydrogen-bond donors (Lipinski definition) is 1. The molecule has 0 saturated carbocycles. The summed E-state index contributed by atoms with van der Waals surface area (Å²) in [6.45, 7) is 5.35. The predicted octanol–water partition coefficient (Wildman–Crippen LogP) is 4.43. The number of nitrogens with zero attached hydrogens (tertiary/aromatic N) is 2. The Bertz CT molecular complexity index is 750. The average molecular weight is 370 g/mol. The maximum Gasteiger partial charge on any atom is 0.269 e. The summed E-state index contributed by atoms with van der Waals surface area (Å²) in [4.78, 5) is 12.4. The van der Waals surface area contributed by atoms with Crippen molar-refractivity contribution >= 4 is 5.91 Å². The summed E-state index contributed by atoms with van der Waals surface area (Å²) in [5.74, 6) is 0.732. The summed E-state index contributed by atoms with van der Waals surface area (Å²) in [5.41, 5.74) is 2.52. The molecule has 1 aromatic carbocycles. The minimum Gasteiger partial charge on any atom is -0.494 e. The van der Waals surface area contributed by atoms with Crippen molar-refractivity contribution in [1.82, 2.24) is 15.1 Å². The van der Waals surface area contributed by atoms with Crippen molar-refractivity contribution in [2.45, 2.75) is 52.5 Å². The monoisotopic (exact) mass is 369 g/mol. The van der Waals surface area contributed by atoms with E-state index < -0.39 is 0 Å². The number of allylic oxidation sites excluding steroid dienone is 2. The van der Waals surface area contributed by atoms with Gasteiger partial charge < -0.3 is 10.1 Å². The van der Waals surface area contributed by atoms with E-state index in [2.05, 4.69) is 29.5 Å². The van der Waals surface area contributed by atoms with Gasteiger partial charge in [0.25, 0.3) is 5.91 Å². The number of carbonyl (C=O) groups excluding carboxylic acids is 1. The number of amides is 1. The molecule has 1 aromatic heterocycles. The normalized spacial score (nSPS) is 11.1. The standard InChI is InChI=1S/C22H31N3O2/c1-4-6-7-8-9-10-14-27-20-13-11-12-18(15-20)17-23-22(26)21-16-19(5-2)24-25(21)3/h6-7,11-13,15-16H,4-5,8-10,14,17H2,1-3H3,(H,23,26). The Morgan fingerprint density at radius 2 is 2.07 bits per heavy atom. The summed E-state index contributed by atoms with van der Waals surface area (Å²) in [7, 11) is 1.79. The molecule has 1 amide bonds. The van der Waals surface area contributed by atoms with Crippen LogP contribution in [0.1, 0.15) is 61.3 Å². The van der Waals surface area contributed by atoms with Crippen LogP contribution in [0.5, 0.6) is 5.75 Å². The first-order valence-corrected chi connectivity index (χ1v) is 9.81. The molecule has 5 heteroatoms. The van der Waals surface area contributed by atoms with E-state index in [1.807, 2.05) is 37.3 Å². The molecule has 0 atom stereocenters. The van der Waals surface area contributed by atoms with E-state index in [9.17, 15) is 4.79 Å². The Labute approximate surface area is 162 Å². The molecule has 146 valence electrons. The van der Waals surface area contributed by atoms with E-state index in [1.165, 1.54) is 0 Å². The number of hydrogen-bond acceptors (Lipinski definition) is 3. The van der Waals surface area contributed by atoms with E-state index in [0.29, 0.717) is 18.8 Å². The van der Waals surface area contributed by atoms with Crippen molar-refractivity contribution < 1.29 is 9.53 Å². The topological polar surface area (TPSA) is 56.1 Å². The first-order chi connectivity index (χ1) is 13.1. The second kappa shape index (κ2) is 11.2. The van der Waals surface area contributed by atoms with Crippen LogP contribution < -0.4 is 10.1 Å². The molecule has 1 N–H and O–H groups in total. The lowest BCUT2D eigenvalue weighted by Gasteiger charge is -2.09. The number of nitrogens with one attached hydrogen (secondary N) is 1. The first kappa shape index (κ1) is 20.7. The van der Waals surface area contributed by atoms with Crippen molar-refractivity contribution in [3.63, 3.8) is 0 Å². The summed E-state index contributed by atoms with van der Waals surface area (Å²) in [6, 6.07) is 9.73. The molecule has 2 rings (SSSR count). The van der Waals surface area contributed by atoms with Gasteiger partial charge >= 0.3 is 0 Å². The van der Waals surface area contributed by atoms with Gasteiger partial charge in [0.1, 0.15) is 11.4 Å². The molecule has 0 spiro atoms. The van der Waals surface area contributed by atoms with Crippen LogP contribution in [0.4, 0.5) is 0 Å². The highest BCUT2D eigenvalue weighted by Gasteiger charge is 2.12. The Morgan fingerprint density at radius 3 is 2.81 bits per heavy atom. The molecule has 5 nitrogen and oxygen atoms in total. The minimum atomic E-state index is -0.115. The Hall–Kier alpha value is -2.56. The summed E-state index contributed by atoms with van der Waals surface area (Å²) in [6.07, 6.45) is 9.63. The number of ether oxygens (including phenoxy) is 1. The Morgan fingerprint density at radius 1 is 1.22 bits per heavy atom. The van der Waals surface area contributed by atoms with Crippen molar-refractivity contribution in [3.8, 4) is 5.75 Å². The summed E-state index contributed by atoms with van der Waals surface area (Å²) >= 11 is 0. The number of aromatic nitrogens is 2. The van der Waals surface area contributed by atoms with Crippen LogP contribution in [0.2, 0.25) is 0 Å². The van der Waals surface area contributed by atoms with Crippen LogP contribution >= 0.6 is 0 Å². The van der Waals surface area contributed by atoms with E-state index in [1.54, 1.807) is 11.7 Å². The fourth-order valence-electron chi connectivity index (χ4n) is 2.77. The van der Waals surface area contributed by atoms with Gasteiger partial charge in [0.15, 0.2) is 0 Å². The molecule has 0 aliphatic heterocycles. The van der Waals surface area contributed by atoms with Gasteiger partial charge in [0.2, 0.25) is 0 Å². The number of carbonyl (C=O) groups is 1. The SMILES string of the molecule is CCC=CCCCCOc1cccc(CNC(=O)c2cc(CC)nn2C)c1. The quantitative estimate of drug-likeness (QED) is 0.471. The van der Waals surface area contributed by atoms with Gasteiger partial charge in [0.05, 0.1) is 12.3 Å². The highest BCUT2D eigenvalue weighted by Crippen LogP contribution is 2.14. The van der Waals surface area contributed by atoms with Gasteiger partial charge in [0, 0.05) is 13.6 Å². The van der Waals surface area contributed by atoms with E-state index in [-0.39, 0.29) is 5.91 Å². The minimum absolute atomic E-state index is 0.115. The number of aryl methyl sites for hydroxylation is 2. The van der Waals surface area contributed by atoms with E-state index in [0.717, 1.165) is 49.1 Å². The van der Waals surface area contributed by atoms with Gasteiger partial charge in [-0.15, -0.1) is 0 Å². The summed E-state index contributed by atoms with van der Waals surface area (Å²) in [5, 5.41) is 7.27. The molecule has 0 aliphatic carbocycles. The predicted molar refractivity (Wildman–Crippen MR) is 109 cm³/mol. The molecule has 0 unspecified atom stereocenters. The van der Waals surface area contributed by atoms with E-state index >= 15 is 0 Å². The third-order valence-corrected chi connectivity index (χ3v) is 4.31. The number of benzene rings is 1. The van der Waals surface area contributed by atoms with Crippen LogP contribution in [0.15, 0.2) is 42.5 Å². The fourth-order valence-corrected chi connectivity index (χ4v) is 2.77. The van der Waals surface area contributed by atoms with Crippen LogP contribution in [0, 0.1) is 0 Å². The average Bonchev–Trinajstić information content (AvgIpc) is 3.07. The van der Waals surface area contributed by atoms with Crippen molar-refractivity contribution in [2.75, 3.05) is 6.61 Å². The zero-order chi connectivity index (χ0) is 19.5. The zero-order valence-corrected chi connectivity index (χ0v) is 16.7. The van der Waals surface area contributed by atoms with E-state index in [4.69, 9.17) is 4.74 Å². The van der Waals surface area contributed by atoms with Crippen LogP contribution in [0.3, 0.4) is 0 Å². The molecule has 2 aromatic rings. The lowest BCUT2D eigenvalue weighted by atomic mass is 10.2. The maximum atomic E-state index is 12.4. The van der Waals surface area contributed by atoms with Gasteiger partial charge in [-0.1, -0.05) is 38.1 Å². The van der Waals surface area contributed by atoms with Crippen LogP contribution in [-0.4, -0.2) is 22.3 Å². The highest BCUT2D eigenvalue weighted by molar-refractivity contribution is 5.92. The Kier molecular flexibility index (Phi) is 8.62. The lowest BCUT2D eigenvalue weighted by Crippen LogP contribution is -2.25.